The number of carboxylic acid groups (broad SMARTS) is 1. The third kappa shape index (κ3) is 5.57. The van der Waals surface area contributed by atoms with Crippen LogP contribution in [0.2, 0.25) is 10.0 Å². The first-order valence-corrected chi connectivity index (χ1v) is 8.70. The predicted molar refractivity (Wildman–Crippen MR) is 94.2 cm³/mol. The molecular weight excluding hydrogens is 389 g/mol. The van der Waals surface area contributed by atoms with E-state index in [9.17, 15) is 14.7 Å². The summed E-state index contributed by atoms with van der Waals surface area (Å²) in [5.41, 5.74) is 0.327. The normalized spacial score (nSPS) is 10.5. The summed E-state index contributed by atoms with van der Waals surface area (Å²) < 4.78 is 5.01. The number of thiazole rings is 1. The Balaban J connectivity index is 2.10. The number of aromatic nitrogens is 1. The van der Waals surface area contributed by atoms with Crippen molar-refractivity contribution in [3.63, 3.8) is 0 Å². The van der Waals surface area contributed by atoms with E-state index in [0.717, 1.165) is 11.3 Å². The maximum Gasteiger partial charge on any atom is 0.322 e. The molecule has 1 N–H and O–H groups in total. The van der Waals surface area contributed by atoms with E-state index in [-0.39, 0.29) is 12.2 Å². The minimum atomic E-state index is -1.36. The van der Waals surface area contributed by atoms with E-state index in [1.165, 1.54) is 23.5 Å². The van der Waals surface area contributed by atoms with Gasteiger partial charge in [0.15, 0.2) is 0 Å². The number of carbonyl (C=O) groups is 2. The van der Waals surface area contributed by atoms with Gasteiger partial charge in [-0.2, -0.15) is 0 Å². The Morgan fingerprint density at radius 3 is 2.72 bits per heavy atom. The van der Waals surface area contributed by atoms with Crippen molar-refractivity contribution in [1.82, 2.24) is 9.88 Å². The molecule has 1 heterocycles. The van der Waals surface area contributed by atoms with Gasteiger partial charge in [0, 0.05) is 24.7 Å². The summed E-state index contributed by atoms with van der Waals surface area (Å²) in [6.07, 6.45) is 0. The van der Waals surface area contributed by atoms with Crippen LogP contribution in [0.15, 0.2) is 23.6 Å². The number of carbonyl (C=O) groups excluding carboxylic acids is 2. The van der Waals surface area contributed by atoms with E-state index in [2.05, 4.69) is 10.3 Å². The number of rotatable bonds is 7. The Morgan fingerprint density at radius 2 is 2.12 bits per heavy atom. The number of nitrogens with zero attached hydrogens (tertiary/aromatic N) is 2. The van der Waals surface area contributed by atoms with Crippen molar-refractivity contribution in [2.45, 2.75) is 6.54 Å². The molecule has 0 saturated heterocycles. The van der Waals surface area contributed by atoms with Crippen LogP contribution in [0.3, 0.4) is 0 Å². The predicted octanol–water partition coefficient (Wildman–Crippen LogP) is 2.49. The quantitative estimate of drug-likeness (QED) is 0.767. The van der Waals surface area contributed by atoms with Crippen LogP contribution in [0.5, 0.6) is 0 Å². The van der Waals surface area contributed by atoms with Gasteiger partial charge in [0.05, 0.1) is 34.9 Å². The van der Waals surface area contributed by atoms with Crippen LogP contribution in [-0.2, 0) is 11.3 Å². The van der Waals surface area contributed by atoms with Crippen molar-refractivity contribution in [3.8, 4) is 0 Å². The molecule has 0 spiro atoms. The molecule has 0 fully saturated rings. The Labute approximate surface area is 158 Å². The summed E-state index contributed by atoms with van der Waals surface area (Å²) >= 11 is 12.9. The zero-order valence-electron chi connectivity index (χ0n) is 13.1. The van der Waals surface area contributed by atoms with Gasteiger partial charge in [-0.05, 0) is 18.2 Å². The fourth-order valence-electron chi connectivity index (χ4n) is 1.87. The number of hydrogen-bond acceptors (Lipinski definition) is 6. The molecule has 0 radical (unpaired) electrons. The second-order valence-corrected chi connectivity index (χ2v) is 6.64. The van der Waals surface area contributed by atoms with Crippen LogP contribution >= 0.6 is 34.5 Å². The lowest BCUT2D eigenvalue weighted by Crippen LogP contribution is -2.36. The molecule has 10 heteroatoms. The number of hydrogen-bond donors (Lipinski definition) is 1. The van der Waals surface area contributed by atoms with Gasteiger partial charge < -0.3 is 24.9 Å². The number of amides is 2. The average molecular weight is 403 g/mol. The van der Waals surface area contributed by atoms with Crippen molar-refractivity contribution in [2.75, 3.05) is 25.6 Å². The summed E-state index contributed by atoms with van der Waals surface area (Å²) in [6, 6.07) is 4.33. The minimum Gasteiger partial charge on any atom is -0.543 e. The van der Waals surface area contributed by atoms with Crippen molar-refractivity contribution in [1.29, 1.82) is 0 Å². The summed E-state index contributed by atoms with van der Waals surface area (Å²) in [4.78, 5) is 28.7. The summed E-state index contributed by atoms with van der Waals surface area (Å²) in [7, 11) is 1.52. The zero-order chi connectivity index (χ0) is 18.4. The molecule has 2 aromatic rings. The third-order valence-corrected chi connectivity index (χ3v) is 4.68. The van der Waals surface area contributed by atoms with Gasteiger partial charge in [0.25, 0.3) is 0 Å². The second kappa shape index (κ2) is 9.00. The summed E-state index contributed by atoms with van der Waals surface area (Å²) in [5, 5.41) is 16.1. The lowest BCUT2D eigenvalue weighted by molar-refractivity contribution is -0.255. The third-order valence-electron chi connectivity index (χ3n) is 3.11. The van der Waals surface area contributed by atoms with Crippen molar-refractivity contribution in [2.24, 2.45) is 0 Å². The molecule has 134 valence electrons. The van der Waals surface area contributed by atoms with Gasteiger partial charge in [0.1, 0.15) is 5.01 Å². The number of methoxy groups -OCH3 is 1. The molecule has 25 heavy (non-hydrogen) atoms. The highest BCUT2D eigenvalue weighted by atomic mass is 35.5. The maximum atomic E-state index is 12.5. The number of halogens is 2. The summed E-state index contributed by atoms with van der Waals surface area (Å²) in [6.45, 7) is 0.742. The first kappa shape index (κ1) is 19.5. The molecule has 7 nitrogen and oxygen atoms in total. The molecule has 0 aliphatic carbocycles. The number of urea groups is 1. The largest absolute Gasteiger partial charge is 0.543 e. The number of benzene rings is 1. The number of carboxylic acids is 1. The Kier molecular flexibility index (Phi) is 7.01. The van der Waals surface area contributed by atoms with E-state index in [1.54, 1.807) is 12.1 Å². The molecule has 1 aromatic carbocycles. The van der Waals surface area contributed by atoms with Gasteiger partial charge in [-0.3, -0.25) is 0 Å². The van der Waals surface area contributed by atoms with Crippen molar-refractivity contribution >= 4 is 52.2 Å². The van der Waals surface area contributed by atoms with Gasteiger partial charge in [-0.25, -0.2) is 9.78 Å². The van der Waals surface area contributed by atoms with Crippen LogP contribution in [0, 0.1) is 0 Å². The van der Waals surface area contributed by atoms with Crippen molar-refractivity contribution in [3.05, 3.63) is 44.3 Å². The number of anilines is 1. The van der Waals surface area contributed by atoms with Crippen LogP contribution in [0.1, 0.15) is 15.5 Å². The summed E-state index contributed by atoms with van der Waals surface area (Å²) in [5.74, 6) is -1.36. The monoisotopic (exact) mass is 402 g/mol. The van der Waals surface area contributed by atoms with E-state index < -0.39 is 12.0 Å². The topological polar surface area (TPSA) is 94.6 Å². The van der Waals surface area contributed by atoms with Crippen LogP contribution < -0.4 is 10.4 Å². The van der Waals surface area contributed by atoms with Gasteiger partial charge in [-0.15, -0.1) is 11.3 Å². The lowest BCUT2D eigenvalue weighted by Gasteiger charge is -2.22. The number of nitrogens with one attached hydrogen (secondary N) is 1. The van der Waals surface area contributed by atoms with E-state index in [4.69, 9.17) is 27.9 Å². The highest BCUT2D eigenvalue weighted by Gasteiger charge is 2.16. The fraction of sp³-hybridized carbons (Fsp3) is 0.267. The van der Waals surface area contributed by atoms with E-state index in [0.29, 0.717) is 33.9 Å². The maximum absolute atomic E-state index is 12.5. The highest BCUT2D eigenvalue weighted by Crippen LogP contribution is 2.25. The zero-order valence-corrected chi connectivity index (χ0v) is 15.5. The van der Waals surface area contributed by atoms with Gasteiger partial charge >= 0.3 is 6.03 Å². The molecule has 2 rings (SSSR count). The second-order valence-electron chi connectivity index (χ2n) is 4.89. The first-order valence-electron chi connectivity index (χ1n) is 7.06. The average Bonchev–Trinajstić information content (AvgIpc) is 3.03. The molecule has 0 bridgehead atoms. The standard InChI is InChI=1S/C15H15Cl2N3O4S/c1-24-5-4-20(7-13-19-12(8-25-13)14(21)22)15(23)18-9-2-3-10(16)11(17)6-9/h2-3,6,8H,4-5,7H2,1H3,(H,18,23)(H,21,22)/p-1. The molecule has 0 saturated carbocycles. The Hall–Kier alpha value is -1.87. The highest BCUT2D eigenvalue weighted by molar-refractivity contribution is 7.09. The number of aromatic carboxylic acids is 1. The molecule has 0 unspecified atom stereocenters. The van der Waals surface area contributed by atoms with Crippen molar-refractivity contribution < 1.29 is 19.4 Å². The molecule has 0 aliphatic heterocycles. The number of ether oxygens (including phenoxy) is 1. The Bertz CT molecular complexity index is 769. The van der Waals surface area contributed by atoms with Gasteiger partial charge in [-0.1, -0.05) is 23.2 Å². The molecular formula is C15H14Cl2N3O4S-. The Morgan fingerprint density at radius 1 is 1.36 bits per heavy atom. The minimum absolute atomic E-state index is 0.133. The smallest absolute Gasteiger partial charge is 0.322 e. The van der Waals surface area contributed by atoms with E-state index in [1.807, 2.05) is 0 Å². The lowest BCUT2D eigenvalue weighted by atomic mass is 10.3. The molecule has 0 aliphatic rings. The van der Waals surface area contributed by atoms with Crippen LogP contribution in [0.4, 0.5) is 10.5 Å². The first-order chi connectivity index (χ1) is 11.9. The van der Waals surface area contributed by atoms with E-state index >= 15 is 0 Å². The van der Waals surface area contributed by atoms with Gasteiger partial charge in [0.2, 0.25) is 0 Å². The SMILES string of the molecule is COCCN(Cc1nc(C(=O)[O-])cs1)C(=O)Nc1ccc(Cl)c(Cl)c1. The fourth-order valence-corrected chi connectivity index (χ4v) is 2.95. The molecule has 0 atom stereocenters. The van der Waals surface area contributed by atoms with Crippen LogP contribution in [0.25, 0.3) is 0 Å². The molecule has 1 aromatic heterocycles. The molecule has 2 amide bonds. The van der Waals surface area contributed by atoms with Crippen LogP contribution in [-0.4, -0.2) is 42.1 Å².